The summed E-state index contributed by atoms with van der Waals surface area (Å²) in [6.07, 6.45) is -0.960. The van der Waals surface area contributed by atoms with Gasteiger partial charge in [-0.15, -0.1) is 11.8 Å². The summed E-state index contributed by atoms with van der Waals surface area (Å²) in [6.45, 7) is 3.00. The SMILES string of the molecule is CC(C)(SC1CS(=O)(=O)CC1O)C(=O)O. The molecule has 2 N–H and O–H groups in total. The highest BCUT2D eigenvalue weighted by Gasteiger charge is 2.42. The van der Waals surface area contributed by atoms with Gasteiger partial charge in [0.1, 0.15) is 4.75 Å². The van der Waals surface area contributed by atoms with E-state index in [1.807, 2.05) is 0 Å². The van der Waals surface area contributed by atoms with Gasteiger partial charge in [-0.2, -0.15) is 0 Å². The lowest BCUT2D eigenvalue weighted by Crippen LogP contribution is -2.33. The Hall–Kier alpha value is -0.270. The van der Waals surface area contributed by atoms with E-state index in [4.69, 9.17) is 5.11 Å². The van der Waals surface area contributed by atoms with Gasteiger partial charge in [-0.25, -0.2) is 8.42 Å². The third-order valence-electron chi connectivity index (χ3n) is 2.23. The van der Waals surface area contributed by atoms with Gasteiger partial charge in [0.15, 0.2) is 9.84 Å². The summed E-state index contributed by atoms with van der Waals surface area (Å²) >= 11 is 0.999. The molecule has 0 spiro atoms. The molecule has 0 aromatic carbocycles. The van der Waals surface area contributed by atoms with Gasteiger partial charge in [-0.3, -0.25) is 4.79 Å². The summed E-state index contributed by atoms with van der Waals surface area (Å²) in [4.78, 5) is 10.8. The maximum Gasteiger partial charge on any atom is 0.319 e. The average molecular weight is 254 g/mol. The molecule has 0 bridgehead atoms. The molecule has 15 heavy (non-hydrogen) atoms. The van der Waals surface area contributed by atoms with E-state index < -0.39 is 31.9 Å². The Labute approximate surface area is 92.8 Å². The van der Waals surface area contributed by atoms with Gasteiger partial charge < -0.3 is 10.2 Å². The molecule has 1 heterocycles. The molecule has 0 aromatic heterocycles. The van der Waals surface area contributed by atoms with Crippen LogP contribution in [0.2, 0.25) is 0 Å². The van der Waals surface area contributed by atoms with Crippen molar-refractivity contribution in [3.8, 4) is 0 Å². The molecule has 2 unspecified atom stereocenters. The number of aliphatic carboxylic acids is 1. The summed E-state index contributed by atoms with van der Waals surface area (Å²) in [7, 11) is -3.21. The maximum atomic E-state index is 11.2. The van der Waals surface area contributed by atoms with Gasteiger partial charge in [0.05, 0.1) is 17.6 Å². The van der Waals surface area contributed by atoms with Crippen LogP contribution in [-0.2, 0) is 14.6 Å². The molecule has 0 aliphatic carbocycles. The summed E-state index contributed by atoms with van der Waals surface area (Å²) in [6, 6.07) is 0. The average Bonchev–Trinajstić information content (AvgIpc) is 2.23. The van der Waals surface area contributed by atoms with Gasteiger partial charge in [0, 0.05) is 5.25 Å². The third kappa shape index (κ3) is 3.09. The zero-order chi connectivity index (χ0) is 11.9. The van der Waals surface area contributed by atoms with Crippen LogP contribution in [0.1, 0.15) is 13.8 Å². The van der Waals surface area contributed by atoms with Gasteiger partial charge in [0.2, 0.25) is 0 Å². The molecule has 0 amide bonds. The number of hydrogen-bond donors (Lipinski definition) is 2. The molecule has 2 atom stereocenters. The number of thioether (sulfide) groups is 1. The molecule has 88 valence electrons. The van der Waals surface area contributed by atoms with Crippen molar-refractivity contribution in [2.24, 2.45) is 0 Å². The number of carboxylic acid groups (broad SMARTS) is 1. The third-order valence-corrected chi connectivity index (χ3v) is 5.71. The van der Waals surface area contributed by atoms with E-state index in [0.29, 0.717) is 0 Å². The van der Waals surface area contributed by atoms with Crippen molar-refractivity contribution in [3.63, 3.8) is 0 Å². The predicted molar refractivity (Wildman–Crippen MR) is 57.8 cm³/mol. The highest BCUT2D eigenvalue weighted by molar-refractivity contribution is 8.03. The van der Waals surface area contributed by atoms with Crippen LogP contribution in [0, 0.1) is 0 Å². The van der Waals surface area contributed by atoms with Crippen molar-refractivity contribution in [3.05, 3.63) is 0 Å². The van der Waals surface area contributed by atoms with Crippen LogP contribution < -0.4 is 0 Å². The van der Waals surface area contributed by atoms with Crippen LogP contribution >= 0.6 is 11.8 Å². The Morgan fingerprint density at radius 2 is 1.93 bits per heavy atom. The summed E-state index contributed by atoms with van der Waals surface area (Å²) in [5.74, 6) is -1.42. The van der Waals surface area contributed by atoms with E-state index in [2.05, 4.69) is 0 Å². The number of aliphatic hydroxyl groups excluding tert-OH is 1. The molecule has 0 aromatic rings. The summed E-state index contributed by atoms with van der Waals surface area (Å²) in [5, 5.41) is 17.8. The fourth-order valence-electron chi connectivity index (χ4n) is 1.34. The second kappa shape index (κ2) is 3.95. The van der Waals surface area contributed by atoms with E-state index in [1.165, 1.54) is 13.8 Å². The fourth-order valence-corrected chi connectivity index (χ4v) is 5.08. The fraction of sp³-hybridized carbons (Fsp3) is 0.875. The van der Waals surface area contributed by atoms with Crippen molar-refractivity contribution in [1.29, 1.82) is 0 Å². The first kappa shape index (κ1) is 12.8. The van der Waals surface area contributed by atoms with Crippen LogP contribution in [0.3, 0.4) is 0 Å². The molecule has 0 saturated carbocycles. The normalized spacial score (nSPS) is 30.3. The van der Waals surface area contributed by atoms with Crippen LogP contribution in [0.25, 0.3) is 0 Å². The van der Waals surface area contributed by atoms with Crippen LogP contribution in [0.5, 0.6) is 0 Å². The van der Waals surface area contributed by atoms with E-state index in [9.17, 15) is 18.3 Å². The molecule has 0 radical (unpaired) electrons. The van der Waals surface area contributed by atoms with Gasteiger partial charge in [-0.05, 0) is 13.8 Å². The molecule has 1 aliphatic heterocycles. The highest BCUT2D eigenvalue weighted by atomic mass is 32.2. The Kier molecular flexibility index (Phi) is 3.37. The van der Waals surface area contributed by atoms with Crippen molar-refractivity contribution in [2.75, 3.05) is 11.5 Å². The smallest absolute Gasteiger partial charge is 0.319 e. The number of rotatable bonds is 3. The number of sulfone groups is 1. The van der Waals surface area contributed by atoms with Crippen molar-refractivity contribution < 1.29 is 23.4 Å². The number of hydrogen-bond acceptors (Lipinski definition) is 5. The van der Waals surface area contributed by atoms with Gasteiger partial charge in [0.25, 0.3) is 0 Å². The minimum absolute atomic E-state index is 0.143. The molecule has 7 heteroatoms. The topological polar surface area (TPSA) is 91.7 Å². The maximum absolute atomic E-state index is 11.2. The Morgan fingerprint density at radius 3 is 2.27 bits per heavy atom. The second-order valence-corrected chi connectivity index (χ2v) is 8.13. The van der Waals surface area contributed by atoms with E-state index in [-0.39, 0.29) is 11.5 Å². The second-order valence-electron chi connectivity index (χ2n) is 4.12. The quantitative estimate of drug-likeness (QED) is 0.721. The Morgan fingerprint density at radius 1 is 1.40 bits per heavy atom. The van der Waals surface area contributed by atoms with Crippen LogP contribution in [0.15, 0.2) is 0 Å². The minimum Gasteiger partial charge on any atom is -0.480 e. The van der Waals surface area contributed by atoms with E-state index >= 15 is 0 Å². The predicted octanol–water partition coefficient (Wildman–Crippen LogP) is -0.259. The van der Waals surface area contributed by atoms with Crippen molar-refractivity contribution in [2.45, 2.75) is 29.9 Å². The zero-order valence-electron chi connectivity index (χ0n) is 8.50. The molecule has 1 saturated heterocycles. The number of carboxylic acids is 1. The first-order valence-electron chi connectivity index (χ1n) is 4.44. The Bertz CT molecular complexity index is 359. The molecular formula is C8H14O5S2. The van der Waals surface area contributed by atoms with Gasteiger partial charge in [-0.1, -0.05) is 0 Å². The summed E-state index contributed by atoms with van der Waals surface area (Å²) < 4.78 is 21.3. The lowest BCUT2D eigenvalue weighted by Gasteiger charge is -2.23. The van der Waals surface area contributed by atoms with E-state index in [1.54, 1.807) is 0 Å². The largest absolute Gasteiger partial charge is 0.480 e. The highest BCUT2D eigenvalue weighted by Crippen LogP contribution is 2.34. The first-order chi connectivity index (χ1) is 6.64. The number of carbonyl (C=O) groups is 1. The molecular weight excluding hydrogens is 240 g/mol. The van der Waals surface area contributed by atoms with Crippen LogP contribution in [0.4, 0.5) is 0 Å². The molecule has 1 aliphatic rings. The molecule has 5 nitrogen and oxygen atoms in total. The molecule has 1 rings (SSSR count). The lowest BCUT2D eigenvalue weighted by atomic mass is 10.2. The monoisotopic (exact) mass is 254 g/mol. The standard InChI is InChI=1S/C8H14O5S2/c1-8(2,7(10)11)14-6-4-15(12,13)3-5(6)9/h5-6,9H,3-4H2,1-2H3,(H,10,11). The van der Waals surface area contributed by atoms with E-state index in [0.717, 1.165) is 11.8 Å². The van der Waals surface area contributed by atoms with Gasteiger partial charge >= 0.3 is 5.97 Å². The first-order valence-corrected chi connectivity index (χ1v) is 7.14. The van der Waals surface area contributed by atoms with Crippen molar-refractivity contribution >= 4 is 27.6 Å². The summed E-state index contributed by atoms with van der Waals surface area (Å²) in [5.41, 5.74) is 0. The van der Waals surface area contributed by atoms with Crippen molar-refractivity contribution in [1.82, 2.24) is 0 Å². The van der Waals surface area contributed by atoms with Crippen LogP contribution in [-0.4, -0.2) is 52.2 Å². The number of aliphatic hydroxyl groups is 1. The molecule has 1 fully saturated rings. The zero-order valence-corrected chi connectivity index (χ0v) is 10.1. The Balaban J connectivity index is 2.73. The minimum atomic E-state index is -3.21. The lowest BCUT2D eigenvalue weighted by molar-refractivity contribution is -0.138.